The summed E-state index contributed by atoms with van der Waals surface area (Å²) in [5.41, 5.74) is 0.974. The third-order valence-corrected chi connectivity index (χ3v) is 3.48. The molecule has 0 radical (unpaired) electrons. The van der Waals surface area contributed by atoms with E-state index in [0.29, 0.717) is 16.6 Å². The molecule has 0 spiro atoms. The van der Waals surface area contributed by atoms with E-state index in [1.807, 2.05) is 0 Å². The molecule has 1 aromatic carbocycles. The van der Waals surface area contributed by atoms with Gasteiger partial charge in [-0.1, -0.05) is 6.92 Å². The van der Waals surface area contributed by atoms with E-state index in [1.165, 1.54) is 12.1 Å². The van der Waals surface area contributed by atoms with Crippen LogP contribution in [0.1, 0.15) is 18.9 Å². The van der Waals surface area contributed by atoms with Gasteiger partial charge in [-0.2, -0.15) is 0 Å². The Morgan fingerprint density at radius 2 is 1.95 bits per heavy atom. The van der Waals surface area contributed by atoms with Crippen LogP contribution >= 0.6 is 11.8 Å². The van der Waals surface area contributed by atoms with E-state index in [-0.39, 0.29) is 0 Å². The molecule has 0 unspecified atom stereocenters. The zero-order chi connectivity index (χ0) is 14.4. The molecule has 6 heteroatoms. The fourth-order valence-electron chi connectivity index (χ4n) is 1.55. The summed E-state index contributed by atoms with van der Waals surface area (Å²) in [7, 11) is 0. The maximum absolute atomic E-state index is 13.5. The standard InChI is InChI=1S/C14H15F2N3S/c1-2-5-17-7-10-8-18-14(19-9-10)20-13-4-3-11(15)6-12(13)16/h3-4,6,8-9,17H,2,5,7H2,1H3. The first kappa shape index (κ1) is 14.9. The molecule has 1 aromatic heterocycles. The third-order valence-electron chi connectivity index (χ3n) is 2.53. The van der Waals surface area contributed by atoms with E-state index in [1.54, 1.807) is 12.4 Å². The van der Waals surface area contributed by atoms with Gasteiger partial charge in [0.05, 0.1) is 4.90 Å². The molecule has 2 aromatic rings. The zero-order valence-electron chi connectivity index (χ0n) is 11.1. The smallest absolute Gasteiger partial charge is 0.192 e. The molecular weight excluding hydrogens is 280 g/mol. The topological polar surface area (TPSA) is 37.8 Å². The minimum atomic E-state index is -0.604. The van der Waals surface area contributed by atoms with E-state index in [2.05, 4.69) is 22.2 Å². The van der Waals surface area contributed by atoms with Gasteiger partial charge in [0.25, 0.3) is 0 Å². The van der Waals surface area contributed by atoms with Crippen LogP contribution < -0.4 is 5.32 Å². The van der Waals surface area contributed by atoms with Crippen molar-refractivity contribution in [3.05, 3.63) is 47.8 Å². The first-order valence-electron chi connectivity index (χ1n) is 6.33. The molecule has 0 fully saturated rings. The molecule has 0 saturated heterocycles. The summed E-state index contributed by atoms with van der Waals surface area (Å²) in [4.78, 5) is 8.64. The number of hydrogen-bond acceptors (Lipinski definition) is 4. The lowest BCUT2D eigenvalue weighted by Crippen LogP contribution is -2.14. The Morgan fingerprint density at radius 3 is 2.60 bits per heavy atom. The van der Waals surface area contributed by atoms with Gasteiger partial charge in [0.15, 0.2) is 5.16 Å². The molecule has 3 nitrogen and oxygen atoms in total. The molecular formula is C14H15F2N3S. The van der Waals surface area contributed by atoms with Crippen LogP contribution in [0.5, 0.6) is 0 Å². The normalized spacial score (nSPS) is 10.8. The van der Waals surface area contributed by atoms with Crippen LogP contribution in [0.4, 0.5) is 8.78 Å². The summed E-state index contributed by atoms with van der Waals surface area (Å²) in [6.07, 6.45) is 4.48. The van der Waals surface area contributed by atoms with Crippen LogP contribution in [0.15, 0.2) is 40.6 Å². The predicted octanol–water partition coefficient (Wildman–Crippen LogP) is 3.41. The number of benzene rings is 1. The second-order valence-corrected chi connectivity index (χ2v) is 5.24. The summed E-state index contributed by atoms with van der Waals surface area (Å²) >= 11 is 1.08. The van der Waals surface area contributed by atoms with Crippen molar-refractivity contribution in [3.8, 4) is 0 Å². The zero-order valence-corrected chi connectivity index (χ0v) is 11.9. The lowest BCUT2D eigenvalue weighted by Gasteiger charge is -2.04. The first-order valence-corrected chi connectivity index (χ1v) is 7.15. The van der Waals surface area contributed by atoms with Gasteiger partial charge in [-0.15, -0.1) is 0 Å². The number of nitrogens with one attached hydrogen (secondary N) is 1. The van der Waals surface area contributed by atoms with Crippen molar-refractivity contribution in [1.29, 1.82) is 0 Å². The molecule has 106 valence electrons. The second kappa shape index (κ2) is 7.31. The van der Waals surface area contributed by atoms with Gasteiger partial charge in [-0.3, -0.25) is 0 Å². The number of halogens is 2. The van der Waals surface area contributed by atoms with Gasteiger partial charge in [-0.05, 0) is 36.9 Å². The number of nitrogens with zero attached hydrogens (tertiary/aromatic N) is 2. The molecule has 2 rings (SSSR count). The summed E-state index contributed by atoms with van der Waals surface area (Å²) in [6.45, 7) is 3.75. The Balaban J connectivity index is 1.99. The average Bonchev–Trinajstić information content (AvgIpc) is 2.44. The maximum atomic E-state index is 13.5. The highest BCUT2D eigenvalue weighted by Crippen LogP contribution is 2.27. The lowest BCUT2D eigenvalue weighted by molar-refractivity contribution is 0.565. The predicted molar refractivity (Wildman–Crippen MR) is 74.5 cm³/mol. The lowest BCUT2D eigenvalue weighted by atomic mass is 10.3. The molecule has 0 aliphatic rings. The van der Waals surface area contributed by atoms with Gasteiger partial charge in [0, 0.05) is 30.6 Å². The van der Waals surface area contributed by atoms with Crippen LogP contribution in [-0.4, -0.2) is 16.5 Å². The van der Waals surface area contributed by atoms with Crippen molar-refractivity contribution in [3.63, 3.8) is 0 Å². The van der Waals surface area contributed by atoms with E-state index in [9.17, 15) is 8.78 Å². The number of rotatable bonds is 6. The van der Waals surface area contributed by atoms with Crippen LogP contribution in [0.2, 0.25) is 0 Å². The fourth-order valence-corrected chi connectivity index (χ4v) is 2.25. The first-order chi connectivity index (χ1) is 9.69. The van der Waals surface area contributed by atoms with Crippen molar-refractivity contribution in [2.24, 2.45) is 0 Å². The summed E-state index contributed by atoms with van der Waals surface area (Å²) < 4.78 is 26.3. The summed E-state index contributed by atoms with van der Waals surface area (Å²) in [5.74, 6) is -1.20. The average molecular weight is 295 g/mol. The van der Waals surface area contributed by atoms with E-state index >= 15 is 0 Å². The van der Waals surface area contributed by atoms with Crippen molar-refractivity contribution in [2.75, 3.05) is 6.54 Å². The largest absolute Gasteiger partial charge is 0.313 e. The van der Waals surface area contributed by atoms with Crippen molar-refractivity contribution in [2.45, 2.75) is 29.9 Å². The van der Waals surface area contributed by atoms with Crippen LogP contribution in [-0.2, 0) is 6.54 Å². The summed E-state index contributed by atoms with van der Waals surface area (Å²) in [5, 5.41) is 3.69. The van der Waals surface area contributed by atoms with Crippen LogP contribution in [0.3, 0.4) is 0 Å². The SMILES string of the molecule is CCCNCc1cnc(Sc2ccc(F)cc2F)nc1. The highest BCUT2D eigenvalue weighted by molar-refractivity contribution is 7.99. The van der Waals surface area contributed by atoms with Crippen molar-refractivity contribution >= 4 is 11.8 Å². The van der Waals surface area contributed by atoms with Gasteiger partial charge in [0.2, 0.25) is 0 Å². The molecule has 0 bridgehead atoms. The highest BCUT2D eigenvalue weighted by atomic mass is 32.2. The molecule has 0 saturated carbocycles. The second-order valence-electron chi connectivity index (χ2n) is 4.23. The highest BCUT2D eigenvalue weighted by Gasteiger charge is 2.07. The Labute approximate surface area is 120 Å². The molecule has 0 atom stereocenters. The quantitative estimate of drug-likeness (QED) is 0.654. The third kappa shape index (κ3) is 4.25. The van der Waals surface area contributed by atoms with Crippen molar-refractivity contribution < 1.29 is 8.78 Å². The minimum absolute atomic E-state index is 0.309. The van der Waals surface area contributed by atoms with Gasteiger partial charge in [-0.25, -0.2) is 18.7 Å². The van der Waals surface area contributed by atoms with Gasteiger partial charge >= 0.3 is 0 Å². The molecule has 1 heterocycles. The molecule has 0 aliphatic heterocycles. The van der Waals surface area contributed by atoms with E-state index < -0.39 is 11.6 Å². The van der Waals surface area contributed by atoms with Gasteiger partial charge in [0.1, 0.15) is 11.6 Å². The fraction of sp³-hybridized carbons (Fsp3) is 0.286. The molecule has 0 amide bonds. The van der Waals surface area contributed by atoms with Crippen LogP contribution in [0.25, 0.3) is 0 Å². The summed E-state index contributed by atoms with van der Waals surface area (Å²) in [6, 6.07) is 3.45. The van der Waals surface area contributed by atoms with E-state index in [4.69, 9.17) is 0 Å². The Kier molecular flexibility index (Phi) is 5.43. The van der Waals surface area contributed by atoms with Gasteiger partial charge < -0.3 is 5.32 Å². The monoisotopic (exact) mass is 295 g/mol. The van der Waals surface area contributed by atoms with E-state index in [0.717, 1.165) is 36.4 Å². The number of aromatic nitrogens is 2. The molecule has 20 heavy (non-hydrogen) atoms. The Bertz CT molecular complexity index is 561. The minimum Gasteiger partial charge on any atom is -0.313 e. The Morgan fingerprint density at radius 1 is 1.20 bits per heavy atom. The number of hydrogen-bond donors (Lipinski definition) is 1. The molecule has 0 aliphatic carbocycles. The maximum Gasteiger partial charge on any atom is 0.192 e. The van der Waals surface area contributed by atoms with Crippen LogP contribution in [0, 0.1) is 11.6 Å². The van der Waals surface area contributed by atoms with Crippen molar-refractivity contribution in [1.82, 2.24) is 15.3 Å². The Hall–Kier alpha value is -1.53. The molecule has 1 N–H and O–H groups in total.